The van der Waals surface area contributed by atoms with Crippen molar-refractivity contribution in [1.82, 2.24) is 15.0 Å². The Balaban J connectivity index is 2.19. The molecule has 0 bridgehead atoms. The van der Waals surface area contributed by atoms with E-state index in [0.717, 1.165) is 6.42 Å². The monoisotopic (exact) mass is 253 g/mol. The minimum atomic E-state index is -1.62. The maximum atomic E-state index is 13.8. The van der Waals surface area contributed by atoms with Crippen LogP contribution >= 0.6 is 0 Å². The van der Waals surface area contributed by atoms with E-state index in [0.29, 0.717) is 17.9 Å². The van der Waals surface area contributed by atoms with Crippen molar-refractivity contribution in [2.45, 2.75) is 51.7 Å². The van der Waals surface area contributed by atoms with Crippen LogP contribution in [-0.4, -0.2) is 21.0 Å². The molecule has 3 N–H and O–H groups in total. The molecule has 100 valence electrons. The van der Waals surface area contributed by atoms with Crippen LogP contribution in [-0.2, 0) is 5.67 Å². The summed E-state index contributed by atoms with van der Waals surface area (Å²) in [7, 11) is 0. The molecule has 1 atom stereocenters. The van der Waals surface area contributed by atoms with E-state index in [9.17, 15) is 4.39 Å². The van der Waals surface area contributed by atoms with Crippen molar-refractivity contribution in [3.8, 4) is 0 Å². The molecule has 5 nitrogen and oxygen atoms in total. The van der Waals surface area contributed by atoms with Crippen LogP contribution in [0.15, 0.2) is 0 Å². The Bertz CT molecular complexity index is 425. The van der Waals surface area contributed by atoms with Crippen LogP contribution in [0.2, 0.25) is 0 Å². The lowest BCUT2D eigenvalue weighted by Crippen LogP contribution is -2.25. The molecule has 0 spiro atoms. The molecule has 0 amide bonds. The maximum Gasteiger partial charge on any atom is 0.228 e. The van der Waals surface area contributed by atoms with E-state index in [1.165, 1.54) is 26.7 Å². The van der Waals surface area contributed by atoms with Crippen LogP contribution in [0.1, 0.15) is 45.9 Å². The molecule has 1 saturated carbocycles. The Hall–Kier alpha value is -1.46. The Morgan fingerprint density at radius 3 is 2.56 bits per heavy atom. The second kappa shape index (κ2) is 4.66. The number of hydrogen-bond acceptors (Lipinski definition) is 5. The van der Waals surface area contributed by atoms with E-state index in [1.54, 1.807) is 0 Å². The Morgan fingerprint density at radius 2 is 2.06 bits per heavy atom. The molecule has 1 aliphatic carbocycles. The lowest BCUT2D eigenvalue weighted by atomic mass is 10.1. The summed E-state index contributed by atoms with van der Waals surface area (Å²) in [5.41, 5.74) is 3.98. The van der Waals surface area contributed by atoms with Gasteiger partial charge in [0.25, 0.3) is 0 Å². The van der Waals surface area contributed by atoms with Crippen LogP contribution in [0.25, 0.3) is 0 Å². The average Bonchev–Trinajstić information content (AvgIpc) is 3.07. The number of aromatic nitrogens is 3. The van der Waals surface area contributed by atoms with E-state index < -0.39 is 5.67 Å². The molecule has 1 aromatic heterocycles. The number of nitrogens with two attached hydrogens (primary N) is 1. The highest BCUT2D eigenvalue weighted by Gasteiger charge is 2.31. The lowest BCUT2D eigenvalue weighted by Gasteiger charge is -2.18. The van der Waals surface area contributed by atoms with E-state index in [4.69, 9.17) is 5.73 Å². The van der Waals surface area contributed by atoms with Gasteiger partial charge in [0.2, 0.25) is 11.9 Å². The Labute approximate surface area is 106 Å². The molecule has 0 saturated heterocycles. The van der Waals surface area contributed by atoms with E-state index >= 15 is 0 Å². The van der Waals surface area contributed by atoms with E-state index in [2.05, 4.69) is 27.2 Å². The molecule has 1 aliphatic rings. The van der Waals surface area contributed by atoms with Gasteiger partial charge in [-0.2, -0.15) is 15.0 Å². The van der Waals surface area contributed by atoms with Crippen LogP contribution in [0, 0.1) is 5.92 Å². The first-order chi connectivity index (χ1) is 8.40. The second-order valence-corrected chi connectivity index (χ2v) is 5.31. The molecule has 0 aliphatic heterocycles. The van der Waals surface area contributed by atoms with Gasteiger partial charge in [0.15, 0.2) is 11.5 Å². The standard InChI is InChI=1S/C12H20FN5/c1-4-8(7-5-6-7)15-11-17-9(12(2,3)13)16-10(14)18-11/h7-8H,4-6H2,1-3H3,(H3,14,15,16,17,18). The van der Waals surface area contributed by atoms with Crippen LogP contribution in [0.3, 0.4) is 0 Å². The van der Waals surface area contributed by atoms with Crippen molar-refractivity contribution >= 4 is 11.9 Å². The smallest absolute Gasteiger partial charge is 0.228 e. The lowest BCUT2D eigenvalue weighted by molar-refractivity contribution is 0.206. The third-order valence-electron chi connectivity index (χ3n) is 3.13. The second-order valence-electron chi connectivity index (χ2n) is 5.31. The third-order valence-corrected chi connectivity index (χ3v) is 3.13. The van der Waals surface area contributed by atoms with Gasteiger partial charge in [0.1, 0.15) is 0 Å². The summed E-state index contributed by atoms with van der Waals surface area (Å²) in [6.07, 6.45) is 3.45. The summed E-state index contributed by atoms with van der Waals surface area (Å²) < 4.78 is 13.8. The predicted molar refractivity (Wildman–Crippen MR) is 68.8 cm³/mol. The molecule has 1 aromatic rings. The summed E-state index contributed by atoms with van der Waals surface area (Å²) >= 11 is 0. The molecular weight excluding hydrogens is 233 g/mol. The first kappa shape index (κ1) is 13.0. The molecule has 18 heavy (non-hydrogen) atoms. The summed E-state index contributed by atoms with van der Waals surface area (Å²) in [5, 5.41) is 3.24. The fourth-order valence-electron chi connectivity index (χ4n) is 1.94. The number of rotatable bonds is 5. The van der Waals surface area contributed by atoms with Gasteiger partial charge < -0.3 is 11.1 Å². The van der Waals surface area contributed by atoms with E-state index in [1.807, 2.05) is 0 Å². The highest BCUT2D eigenvalue weighted by Crippen LogP contribution is 2.35. The summed E-state index contributed by atoms with van der Waals surface area (Å²) in [5.74, 6) is 1.18. The zero-order chi connectivity index (χ0) is 13.3. The fourth-order valence-corrected chi connectivity index (χ4v) is 1.94. The summed E-state index contributed by atoms with van der Waals surface area (Å²) in [6.45, 7) is 4.92. The van der Waals surface area contributed by atoms with Gasteiger partial charge in [-0.25, -0.2) is 4.39 Å². The number of nitrogen functional groups attached to an aromatic ring is 1. The molecular formula is C12H20FN5. The van der Waals surface area contributed by atoms with Crippen molar-refractivity contribution in [2.24, 2.45) is 5.92 Å². The third kappa shape index (κ3) is 3.05. The van der Waals surface area contributed by atoms with Gasteiger partial charge in [-0.05, 0) is 39.0 Å². The van der Waals surface area contributed by atoms with Crippen LogP contribution < -0.4 is 11.1 Å². The van der Waals surface area contributed by atoms with Gasteiger partial charge in [-0.3, -0.25) is 0 Å². The largest absolute Gasteiger partial charge is 0.368 e. The summed E-state index contributed by atoms with van der Waals surface area (Å²) in [6, 6.07) is 0.336. The van der Waals surface area contributed by atoms with Gasteiger partial charge in [0, 0.05) is 6.04 Å². The van der Waals surface area contributed by atoms with Gasteiger partial charge >= 0.3 is 0 Å². The van der Waals surface area contributed by atoms with Crippen LogP contribution in [0.5, 0.6) is 0 Å². The number of alkyl halides is 1. The van der Waals surface area contributed by atoms with Crippen LogP contribution in [0.4, 0.5) is 16.3 Å². The SMILES string of the molecule is CCC(Nc1nc(N)nc(C(C)(C)F)n1)C1CC1. The van der Waals surface area contributed by atoms with Gasteiger partial charge in [-0.15, -0.1) is 0 Å². The Kier molecular flexibility index (Phi) is 3.36. The van der Waals surface area contributed by atoms with Gasteiger partial charge in [0.05, 0.1) is 0 Å². The number of halogens is 1. The molecule has 0 aromatic carbocycles. The first-order valence-corrected chi connectivity index (χ1v) is 6.37. The molecule has 2 rings (SSSR count). The number of hydrogen-bond donors (Lipinski definition) is 2. The normalized spacial score (nSPS) is 17.6. The molecule has 6 heteroatoms. The molecule has 1 fully saturated rings. The predicted octanol–water partition coefficient (Wildman–Crippen LogP) is 2.26. The first-order valence-electron chi connectivity index (χ1n) is 6.37. The molecule has 1 heterocycles. The quantitative estimate of drug-likeness (QED) is 0.841. The molecule has 1 unspecified atom stereocenters. The van der Waals surface area contributed by atoms with Crippen molar-refractivity contribution in [3.63, 3.8) is 0 Å². The Morgan fingerprint density at radius 1 is 1.39 bits per heavy atom. The zero-order valence-corrected chi connectivity index (χ0v) is 11.1. The topological polar surface area (TPSA) is 76.7 Å². The van der Waals surface area contributed by atoms with Crippen molar-refractivity contribution in [1.29, 1.82) is 0 Å². The maximum absolute atomic E-state index is 13.8. The summed E-state index contributed by atoms with van der Waals surface area (Å²) in [4.78, 5) is 12.0. The van der Waals surface area contributed by atoms with Gasteiger partial charge in [-0.1, -0.05) is 6.92 Å². The van der Waals surface area contributed by atoms with E-state index in [-0.39, 0.29) is 11.8 Å². The van der Waals surface area contributed by atoms with Crippen molar-refractivity contribution < 1.29 is 4.39 Å². The highest BCUT2D eigenvalue weighted by atomic mass is 19.1. The number of anilines is 2. The minimum absolute atomic E-state index is 0.0545. The number of nitrogens with zero attached hydrogens (tertiary/aromatic N) is 3. The zero-order valence-electron chi connectivity index (χ0n) is 11.1. The molecule has 0 radical (unpaired) electrons. The highest BCUT2D eigenvalue weighted by molar-refractivity contribution is 5.33. The van der Waals surface area contributed by atoms with Crippen molar-refractivity contribution in [2.75, 3.05) is 11.1 Å². The number of nitrogens with one attached hydrogen (secondary N) is 1. The minimum Gasteiger partial charge on any atom is -0.368 e. The average molecular weight is 253 g/mol. The van der Waals surface area contributed by atoms with Crippen molar-refractivity contribution in [3.05, 3.63) is 5.82 Å². The fraction of sp³-hybridized carbons (Fsp3) is 0.750.